The summed E-state index contributed by atoms with van der Waals surface area (Å²) in [4.78, 5) is 15.9. The van der Waals surface area contributed by atoms with Gasteiger partial charge in [-0.05, 0) is 54.4 Å². The summed E-state index contributed by atoms with van der Waals surface area (Å²) in [6, 6.07) is 17.4. The van der Waals surface area contributed by atoms with Crippen LogP contribution in [0.5, 0.6) is 0 Å². The van der Waals surface area contributed by atoms with Gasteiger partial charge in [0.05, 0.1) is 11.3 Å². The zero-order valence-corrected chi connectivity index (χ0v) is 16.9. The van der Waals surface area contributed by atoms with E-state index >= 15 is 0 Å². The van der Waals surface area contributed by atoms with Crippen molar-refractivity contribution in [1.29, 1.82) is 0 Å². The third-order valence-electron chi connectivity index (χ3n) is 4.66. The van der Waals surface area contributed by atoms with E-state index in [9.17, 15) is 4.79 Å². The molecule has 3 nitrogen and oxygen atoms in total. The third kappa shape index (κ3) is 4.03. The van der Waals surface area contributed by atoms with Crippen LogP contribution < -0.4 is 4.72 Å². The molecule has 0 aliphatic carbocycles. The van der Waals surface area contributed by atoms with Gasteiger partial charge in [0.2, 0.25) is 0 Å². The third-order valence-corrected chi connectivity index (χ3v) is 5.87. The number of halogens is 2. The van der Waals surface area contributed by atoms with E-state index < -0.39 is 0 Å². The van der Waals surface area contributed by atoms with Gasteiger partial charge in [0.1, 0.15) is 0 Å². The monoisotopic (exact) mass is 416 g/mol. The molecule has 1 amide bonds. The highest BCUT2D eigenvalue weighted by Crippen LogP contribution is 2.34. The zero-order valence-electron chi connectivity index (χ0n) is 14.5. The first kappa shape index (κ1) is 18.5. The Morgan fingerprint density at radius 3 is 2.41 bits per heavy atom. The first-order valence-electron chi connectivity index (χ1n) is 8.82. The van der Waals surface area contributed by atoms with Gasteiger partial charge in [0, 0.05) is 33.4 Å². The minimum Gasteiger partial charge on any atom is -0.339 e. The summed E-state index contributed by atoms with van der Waals surface area (Å²) in [7, 11) is 0. The normalized spacial score (nSPS) is 13.9. The second-order valence-electron chi connectivity index (χ2n) is 6.52. The molecule has 1 aliphatic rings. The molecule has 3 aromatic carbocycles. The Labute approximate surface area is 172 Å². The number of carbonyl (C=O) groups excluding carboxylic acids is 1. The maximum absolute atomic E-state index is 13.1. The van der Waals surface area contributed by atoms with Gasteiger partial charge in [-0.25, -0.2) is 0 Å². The standard InChI is InChI=1S/C21H18Cl2N2OS/c22-15-11-16(23)13-17(12-15)27-24-20-18-6-2-1-5-14(18)7-8-19(20)21(26)25-9-3-4-10-25/h1-2,5-8,11-13,24H,3-4,9-10H2. The van der Waals surface area contributed by atoms with Gasteiger partial charge in [0.15, 0.2) is 0 Å². The molecule has 0 spiro atoms. The van der Waals surface area contributed by atoms with E-state index in [0.717, 1.165) is 47.3 Å². The summed E-state index contributed by atoms with van der Waals surface area (Å²) in [6.07, 6.45) is 2.13. The van der Waals surface area contributed by atoms with Crippen molar-refractivity contribution in [3.8, 4) is 0 Å². The number of hydrogen-bond acceptors (Lipinski definition) is 3. The predicted octanol–water partition coefficient (Wildman–Crippen LogP) is 6.50. The number of carbonyl (C=O) groups is 1. The lowest BCUT2D eigenvalue weighted by molar-refractivity contribution is 0.0794. The van der Waals surface area contributed by atoms with Crippen molar-refractivity contribution < 1.29 is 4.79 Å². The highest BCUT2D eigenvalue weighted by molar-refractivity contribution is 8.00. The number of nitrogens with one attached hydrogen (secondary N) is 1. The fourth-order valence-electron chi connectivity index (χ4n) is 3.35. The van der Waals surface area contributed by atoms with E-state index in [1.165, 1.54) is 11.9 Å². The number of hydrogen-bond donors (Lipinski definition) is 1. The van der Waals surface area contributed by atoms with Crippen molar-refractivity contribution in [3.05, 3.63) is 70.2 Å². The van der Waals surface area contributed by atoms with Crippen LogP contribution in [-0.4, -0.2) is 23.9 Å². The largest absolute Gasteiger partial charge is 0.339 e. The maximum atomic E-state index is 13.1. The van der Waals surface area contributed by atoms with Gasteiger partial charge < -0.3 is 9.62 Å². The lowest BCUT2D eigenvalue weighted by atomic mass is 10.0. The van der Waals surface area contributed by atoms with Crippen molar-refractivity contribution in [2.45, 2.75) is 17.7 Å². The van der Waals surface area contributed by atoms with E-state index in [1.54, 1.807) is 6.07 Å². The van der Waals surface area contributed by atoms with Gasteiger partial charge in [0.25, 0.3) is 5.91 Å². The molecule has 1 saturated heterocycles. The van der Waals surface area contributed by atoms with E-state index in [0.29, 0.717) is 15.6 Å². The molecule has 0 bridgehead atoms. The van der Waals surface area contributed by atoms with E-state index in [-0.39, 0.29) is 5.91 Å². The summed E-state index contributed by atoms with van der Waals surface area (Å²) in [5.74, 6) is 0.0745. The van der Waals surface area contributed by atoms with Gasteiger partial charge in [-0.1, -0.05) is 53.5 Å². The Bertz CT molecular complexity index is 982. The van der Waals surface area contributed by atoms with E-state index in [1.807, 2.05) is 53.4 Å². The van der Waals surface area contributed by atoms with Crippen molar-refractivity contribution in [2.24, 2.45) is 0 Å². The van der Waals surface area contributed by atoms with Crippen molar-refractivity contribution in [2.75, 3.05) is 17.8 Å². The highest BCUT2D eigenvalue weighted by Gasteiger charge is 2.23. The van der Waals surface area contributed by atoms with Crippen LogP contribution in [0.4, 0.5) is 5.69 Å². The number of amides is 1. The summed E-state index contributed by atoms with van der Waals surface area (Å²) >= 11 is 13.6. The molecule has 4 rings (SSSR count). The van der Waals surface area contributed by atoms with Crippen LogP contribution in [0.25, 0.3) is 10.8 Å². The second kappa shape index (κ2) is 8.01. The van der Waals surface area contributed by atoms with E-state index in [4.69, 9.17) is 23.2 Å². The molecule has 0 atom stereocenters. The predicted molar refractivity (Wildman–Crippen MR) is 115 cm³/mol. The van der Waals surface area contributed by atoms with Crippen LogP contribution >= 0.6 is 35.1 Å². The average molecular weight is 417 g/mol. The van der Waals surface area contributed by atoms with E-state index in [2.05, 4.69) is 4.72 Å². The number of anilines is 1. The molecular weight excluding hydrogens is 399 g/mol. The Balaban J connectivity index is 1.71. The first-order chi connectivity index (χ1) is 13.1. The summed E-state index contributed by atoms with van der Waals surface area (Å²) < 4.78 is 3.38. The average Bonchev–Trinajstić information content (AvgIpc) is 3.19. The summed E-state index contributed by atoms with van der Waals surface area (Å²) in [6.45, 7) is 1.64. The minimum atomic E-state index is 0.0745. The molecule has 1 N–H and O–H groups in total. The Morgan fingerprint density at radius 1 is 0.963 bits per heavy atom. The first-order valence-corrected chi connectivity index (χ1v) is 10.4. The molecular formula is C21H18Cl2N2OS. The molecule has 6 heteroatoms. The molecule has 1 heterocycles. The van der Waals surface area contributed by atoms with Gasteiger partial charge in [-0.3, -0.25) is 4.79 Å². The number of benzene rings is 3. The quantitative estimate of drug-likeness (QED) is 0.492. The Hall–Kier alpha value is -1.88. The van der Waals surface area contributed by atoms with Crippen LogP contribution in [0.15, 0.2) is 59.5 Å². The van der Waals surface area contributed by atoms with Crippen LogP contribution in [0.2, 0.25) is 10.0 Å². The SMILES string of the molecule is O=C(c1ccc2ccccc2c1NSc1cc(Cl)cc(Cl)c1)N1CCCC1. The zero-order chi connectivity index (χ0) is 18.8. The van der Waals surface area contributed by atoms with Crippen LogP contribution in [-0.2, 0) is 0 Å². The molecule has 0 saturated carbocycles. The Kier molecular flexibility index (Phi) is 5.48. The van der Waals surface area contributed by atoms with Crippen LogP contribution in [0, 0.1) is 0 Å². The molecule has 0 aromatic heterocycles. The molecule has 1 aliphatic heterocycles. The van der Waals surface area contributed by atoms with Gasteiger partial charge >= 0.3 is 0 Å². The van der Waals surface area contributed by atoms with Crippen molar-refractivity contribution >= 4 is 57.5 Å². The number of fused-ring (bicyclic) bond motifs is 1. The van der Waals surface area contributed by atoms with Crippen LogP contribution in [0.1, 0.15) is 23.2 Å². The molecule has 1 fully saturated rings. The molecule has 27 heavy (non-hydrogen) atoms. The van der Waals surface area contributed by atoms with Crippen LogP contribution in [0.3, 0.4) is 0 Å². The fourth-order valence-corrected chi connectivity index (χ4v) is 4.81. The summed E-state index contributed by atoms with van der Waals surface area (Å²) in [5.41, 5.74) is 1.52. The minimum absolute atomic E-state index is 0.0745. The number of rotatable bonds is 4. The lowest BCUT2D eigenvalue weighted by Gasteiger charge is -2.19. The molecule has 0 unspecified atom stereocenters. The van der Waals surface area contributed by atoms with Crippen molar-refractivity contribution in [1.82, 2.24) is 4.90 Å². The smallest absolute Gasteiger partial charge is 0.256 e. The maximum Gasteiger partial charge on any atom is 0.256 e. The van der Waals surface area contributed by atoms with Gasteiger partial charge in [-0.15, -0.1) is 0 Å². The second-order valence-corrected chi connectivity index (χ2v) is 8.27. The highest BCUT2D eigenvalue weighted by atomic mass is 35.5. The molecule has 3 aromatic rings. The molecule has 0 radical (unpaired) electrons. The lowest BCUT2D eigenvalue weighted by Crippen LogP contribution is -2.28. The Morgan fingerprint density at radius 2 is 1.67 bits per heavy atom. The molecule has 138 valence electrons. The number of nitrogens with zero attached hydrogens (tertiary/aromatic N) is 1. The number of likely N-dealkylation sites (tertiary alicyclic amines) is 1. The van der Waals surface area contributed by atoms with Gasteiger partial charge in [-0.2, -0.15) is 0 Å². The fraction of sp³-hybridized carbons (Fsp3) is 0.190. The summed E-state index contributed by atoms with van der Waals surface area (Å²) in [5, 5.41) is 3.27. The topological polar surface area (TPSA) is 32.3 Å². The van der Waals surface area contributed by atoms with Crippen molar-refractivity contribution in [3.63, 3.8) is 0 Å².